The summed E-state index contributed by atoms with van der Waals surface area (Å²) in [5, 5.41) is 13.0. The molecule has 0 N–H and O–H groups in total. The van der Waals surface area contributed by atoms with Crippen LogP contribution < -0.4 is 0 Å². The summed E-state index contributed by atoms with van der Waals surface area (Å²) in [5.74, 6) is 1.55. The Morgan fingerprint density at radius 3 is 2.90 bits per heavy atom. The maximum Gasteiger partial charge on any atom is 0.170 e. The van der Waals surface area contributed by atoms with Gasteiger partial charge in [-0.05, 0) is 53.9 Å². The molecule has 0 saturated carbocycles. The quantitative estimate of drug-likeness (QED) is 0.869. The summed E-state index contributed by atoms with van der Waals surface area (Å²) in [7, 11) is 0. The number of benzene rings is 1. The molecule has 0 spiro atoms. The molecule has 2 heterocycles. The number of rotatable bonds is 3. The Labute approximate surface area is 133 Å². The van der Waals surface area contributed by atoms with E-state index in [0.29, 0.717) is 10.0 Å². The van der Waals surface area contributed by atoms with E-state index in [1.54, 1.807) is 16.8 Å². The van der Waals surface area contributed by atoms with Gasteiger partial charge in [-0.1, -0.05) is 30.1 Å². The first-order chi connectivity index (χ1) is 10.1. The molecule has 21 heavy (non-hydrogen) atoms. The fourth-order valence-electron chi connectivity index (χ4n) is 2.75. The van der Waals surface area contributed by atoms with E-state index in [0.717, 1.165) is 37.1 Å². The molecule has 0 aliphatic carbocycles. The second-order valence-corrected chi connectivity index (χ2v) is 6.40. The predicted octanol–water partition coefficient (Wildman–Crippen LogP) is 3.20. The van der Waals surface area contributed by atoms with E-state index in [4.69, 9.17) is 23.2 Å². The van der Waals surface area contributed by atoms with Crippen molar-refractivity contribution in [1.82, 2.24) is 25.1 Å². The molecule has 3 rings (SSSR count). The monoisotopic (exact) mass is 325 g/mol. The molecule has 1 atom stereocenters. The smallest absolute Gasteiger partial charge is 0.170 e. The van der Waals surface area contributed by atoms with Gasteiger partial charge in [-0.2, -0.15) is 4.68 Å². The molecule has 1 aliphatic rings. The first-order valence-corrected chi connectivity index (χ1v) is 7.84. The summed E-state index contributed by atoms with van der Waals surface area (Å²) in [4.78, 5) is 2.40. The Hall–Kier alpha value is -1.17. The zero-order chi connectivity index (χ0) is 14.8. The summed E-state index contributed by atoms with van der Waals surface area (Å²) >= 11 is 12.0. The van der Waals surface area contributed by atoms with Crippen LogP contribution in [0.4, 0.5) is 0 Å². The van der Waals surface area contributed by atoms with Crippen LogP contribution in [0, 0.1) is 5.92 Å². The van der Waals surface area contributed by atoms with Crippen molar-refractivity contribution in [2.75, 3.05) is 13.1 Å². The van der Waals surface area contributed by atoms with Gasteiger partial charge < -0.3 is 0 Å². The van der Waals surface area contributed by atoms with Crippen molar-refractivity contribution in [1.29, 1.82) is 0 Å². The Morgan fingerprint density at radius 1 is 1.29 bits per heavy atom. The van der Waals surface area contributed by atoms with Gasteiger partial charge in [0, 0.05) is 6.54 Å². The molecule has 1 aromatic heterocycles. The predicted molar refractivity (Wildman–Crippen MR) is 82.8 cm³/mol. The average Bonchev–Trinajstić information content (AvgIpc) is 2.90. The maximum atomic E-state index is 6.07. The molecule has 1 aromatic carbocycles. The zero-order valence-electron chi connectivity index (χ0n) is 11.8. The first-order valence-electron chi connectivity index (χ1n) is 7.08. The highest BCUT2D eigenvalue weighted by molar-refractivity contribution is 6.42. The summed E-state index contributed by atoms with van der Waals surface area (Å²) in [5.41, 5.74) is 0.828. The first kappa shape index (κ1) is 14.8. The van der Waals surface area contributed by atoms with Crippen LogP contribution in [0.3, 0.4) is 0 Å². The lowest BCUT2D eigenvalue weighted by molar-refractivity contribution is 0.171. The number of hydrogen-bond donors (Lipinski definition) is 0. The molecule has 1 aliphatic heterocycles. The van der Waals surface area contributed by atoms with Crippen LogP contribution in [0.5, 0.6) is 0 Å². The molecule has 1 fully saturated rings. The van der Waals surface area contributed by atoms with Crippen molar-refractivity contribution in [2.24, 2.45) is 5.92 Å². The topological polar surface area (TPSA) is 46.8 Å². The molecule has 0 amide bonds. The lowest BCUT2D eigenvalue weighted by Gasteiger charge is -2.30. The minimum Gasteiger partial charge on any atom is -0.296 e. The third-order valence-electron chi connectivity index (χ3n) is 3.79. The van der Waals surface area contributed by atoms with Crippen molar-refractivity contribution < 1.29 is 0 Å². The highest BCUT2D eigenvalue weighted by Crippen LogP contribution is 2.25. The van der Waals surface area contributed by atoms with Crippen LogP contribution in [0.25, 0.3) is 5.69 Å². The normalized spacial score (nSPS) is 19.9. The molecule has 1 unspecified atom stereocenters. The van der Waals surface area contributed by atoms with Gasteiger partial charge in [0.1, 0.15) is 0 Å². The number of piperidine rings is 1. The Bertz CT molecular complexity index is 628. The Kier molecular flexibility index (Phi) is 4.42. The van der Waals surface area contributed by atoms with Crippen molar-refractivity contribution in [2.45, 2.75) is 26.3 Å². The van der Waals surface area contributed by atoms with Gasteiger partial charge in [0.15, 0.2) is 5.82 Å². The van der Waals surface area contributed by atoms with Crippen molar-refractivity contribution in [3.05, 3.63) is 34.1 Å². The standard InChI is InChI=1S/C14H17Cl2N5/c1-10-3-2-6-20(8-10)9-14-17-18-19-21(14)11-4-5-12(15)13(16)7-11/h4-5,7,10H,2-3,6,8-9H2,1H3. The van der Waals surface area contributed by atoms with Gasteiger partial charge in [0.2, 0.25) is 0 Å². The molecule has 1 saturated heterocycles. The molecule has 7 heteroatoms. The van der Waals surface area contributed by atoms with E-state index in [2.05, 4.69) is 27.3 Å². The maximum absolute atomic E-state index is 6.07. The van der Waals surface area contributed by atoms with Gasteiger partial charge in [-0.3, -0.25) is 4.90 Å². The summed E-state index contributed by atoms with van der Waals surface area (Å²) in [6.07, 6.45) is 2.53. The summed E-state index contributed by atoms with van der Waals surface area (Å²) in [6.45, 7) is 5.22. The third kappa shape index (κ3) is 3.36. The van der Waals surface area contributed by atoms with E-state index in [-0.39, 0.29) is 0 Å². The number of aromatic nitrogens is 4. The summed E-state index contributed by atoms with van der Waals surface area (Å²) < 4.78 is 1.72. The average molecular weight is 326 g/mol. The van der Waals surface area contributed by atoms with Crippen LogP contribution in [0.2, 0.25) is 10.0 Å². The van der Waals surface area contributed by atoms with Crippen molar-refractivity contribution in [3.8, 4) is 5.69 Å². The van der Waals surface area contributed by atoms with Crippen LogP contribution in [-0.4, -0.2) is 38.2 Å². The molecule has 0 radical (unpaired) electrons. The molecular formula is C14H17Cl2N5. The highest BCUT2D eigenvalue weighted by Gasteiger charge is 2.19. The second-order valence-electron chi connectivity index (χ2n) is 5.59. The Balaban J connectivity index is 1.81. The highest BCUT2D eigenvalue weighted by atomic mass is 35.5. The number of hydrogen-bond acceptors (Lipinski definition) is 4. The Morgan fingerprint density at radius 2 is 2.14 bits per heavy atom. The molecule has 0 bridgehead atoms. The number of tetrazole rings is 1. The summed E-state index contributed by atoms with van der Waals surface area (Å²) in [6, 6.07) is 5.41. The lowest BCUT2D eigenvalue weighted by atomic mass is 10.0. The minimum absolute atomic E-state index is 0.502. The molecule has 2 aromatic rings. The minimum atomic E-state index is 0.502. The molecule has 112 valence electrons. The third-order valence-corrected chi connectivity index (χ3v) is 4.53. The number of likely N-dealkylation sites (tertiary alicyclic amines) is 1. The van der Waals surface area contributed by atoms with Gasteiger partial charge in [-0.15, -0.1) is 5.10 Å². The van der Waals surface area contributed by atoms with Crippen LogP contribution in [-0.2, 0) is 6.54 Å². The van der Waals surface area contributed by atoms with Crippen LogP contribution >= 0.6 is 23.2 Å². The van der Waals surface area contributed by atoms with E-state index in [1.165, 1.54) is 12.8 Å². The number of nitrogens with zero attached hydrogens (tertiary/aromatic N) is 5. The number of halogens is 2. The van der Waals surface area contributed by atoms with Crippen LogP contribution in [0.15, 0.2) is 18.2 Å². The van der Waals surface area contributed by atoms with Crippen molar-refractivity contribution in [3.63, 3.8) is 0 Å². The van der Waals surface area contributed by atoms with Gasteiger partial charge in [-0.25, -0.2) is 0 Å². The van der Waals surface area contributed by atoms with Crippen LogP contribution in [0.1, 0.15) is 25.6 Å². The largest absolute Gasteiger partial charge is 0.296 e. The fraction of sp³-hybridized carbons (Fsp3) is 0.500. The van der Waals surface area contributed by atoms with Crippen molar-refractivity contribution >= 4 is 23.2 Å². The van der Waals surface area contributed by atoms with E-state index < -0.39 is 0 Å². The molecule has 5 nitrogen and oxygen atoms in total. The van der Waals surface area contributed by atoms with Gasteiger partial charge in [0.05, 0.1) is 22.3 Å². The van der Waals surface area contributed by atoms with Gasteiger partial charge in [0.25, 0.3) is 0 Å². The second kappa shape index (κ2) is 6.30. The van der Waals surface area contributed by atoms with E-state index in [9.17, 15) is 0 Å². The van der Waals surface area contributed by atoms with E-state index in [1.807, 2.05) is 6.07 Å². The fourth-order valence-corrected chi connectivity index (χ4v) is 3.04. The molecular weight excluding hydrogens is 309 g/mol. The SMILES string of the molecule is CC1CCCN(Cc2nnnn2-c2ccc(Cl)c(Cl)c2)C1. The van der Waals surface area contributed by atoms with E-state index >= 15 is 0 Å². The lowest BCUT2D eigenvalue weighted by Crippen LogP contribution is -2.34. The van der Waals surface area contributed by atoms with Gasteiger partial charge >= 0.3 is 0 Å². The zero-order valence-corrected chi connectivity index (χ0v) is 13.3.